The number of fused-ring (bicyclic) bond motifs is 5. The number of rotatable bonds is 2. The van der Waals surface area contributed by atoms with Crippen molar-refractivity contribution in [2.24, 2.45) is 0 Å². The largest absolute Gasteiger partial charge is 0.126 e. The van der Waals surface area contributed by atoms with Crippen LogP contribution in [0.25, 0.3) is 11.1 Å². The quantitative estimate of drug-likeness (QED) is 0.477. The maximum atomic E-state index is 2.60. The molecule has 2 aliphatic heterocycles. The zero-order valence-corrected chi connectivity index (χ0v) is 20.5. The Morgan fingerprint density at radius 2 is 1.07 bits per heavy atom. The number of thioether (sulfide) groups is 2. The maximum Gasteiger partial charge on any atom is 0.0210 e. The molecule has 29 heavy (non-hydrogen) atoms. The average Bonchev–Trinajstić information content (AvgIpc) is 2.94. The third-order valence-electron chi connectivity index (χ3n) is 8.20. The smallest absolute Gasteiger partial charge is 0.0210 e. The van der Waals surface area contributed by atoms with Gasteiger partial charge in [-0.1, -0.05) is 41.5 Å². The minimum Gasteiger partial charge on any atom is -0.126 e. The molecule has 0 N–H and O–H groups in total. The summed E-state index contributed by atoms with van der Waals surface area (Å²) in [5, 5.41) is 0. The fourth-order valence-corrected chi connectivity index (χ4v) is 9.00. The standard InChI is InChI=1S/C27H34S2/c1-7-27(8-2)19-15-23-21(25(3,4)9-11-28-23)13-17(19)18-14-22-24(16-20(18)27)29-12-10-26(22,5)6/h13-16H,7-12H2,1-6H3. The van der Waals surface area contributed by atoms with Gasteiger partial charge in [-0.3, -0.25) is 0 Å². The molecule has 2 heterocycles. The average molecular weight is 423 g/mol. The molecule has 0 spiro atoms. The van der Waals surface area contributed by atoms with Crippen molar-refractivity contribution in [1.29, 1.82) is 0 Å². The summed E-state index contributed by atoms with van der Waals surface area (Å²) in [6, 6.07) is 10.4. The molecule has 5 rings (SSSR count). The van der Waals surface area contributed by atoms with Crippen LogP contribution in [-0.2, 0) is 16.2 Å². The summed E-state index contributed by atoms with van der Waals surface area (Å²) >= 11 is 4.16. The Morgan fingerprint density at radius 3 is 1.45 bits per heavy atom. The van der Waals surface area contributed by atoms with Gasteiger partial charge >= 0.3 is 0 Å². The van der Waals surface area contributed by atoms with E-state index in [1.165, 1.54) is 48.3 Å². The van der Waals surface area contributed by atoms with E-state index < -0.39 is 0 Å². The lowest BCUT2D eigenvalue weighted by atomic mass is 9.72. The zero-order chi connectivity index (χ0) is 20.6. The van der Waals surface area contributed by atoms with Gasteiger partial charge in [-0.05, 0) is 106 Å². The first-order chi connectivity index (χ1) is 13.7. The molecule has 0 radical (unpaired) electrons. The molecule has 1 aliphatic carbocycles. The molecule has 2 aromatic rings. The second kappa shape index (κ2) is 6.57. The molecule has 0 aromatic heterocycles. The zero-order valence-electron chi connectivity index (χ0n) is 18.9. The fourth-order valence-electron chi connectivity index (χ4n) is 5.95. The van der Waals surface area contributed by atoms with E-state index in [9.17, 15) is 0 Å². The molecule has 0 amide bonds. The van der Waals surface area contributed by atoms with Gasteiger partial charge in [0.2, 0.25) is 0 Å². The predicted molar refractivity (Wildman–Crippen MR) is 130 cm³/mol. The molecule has 2 aromatic carbocycles. The van der Waals surface area contributed by atoms with Gasteiger partial charge in [0.25, 0.3) is 0 Å². The van der Waals surface area contributed by atoms with Crippen LogP contribution in [0.5, 0.6) is 0 Å². The SMILES string of the molecule is CCC1(CC)c2cc3c(cc2-c2cc4c(cc21)SCCC4(C)C)C(C)(C)CCS3. The minimum absolute atomic E-state index is 0.180. The Hall–Kier alpha value is -0.860. The number of hydrogen-bond acceptors (Lipinski definition) is 2. The van der Waals surface area contributed by atoms with Crippen molar-refractivity contribution in [2.75, 3.05) is 11.5 Å². The van der Waals surface area contributed by atoms with Crippen LogP contribution < -0.4 is 0 Å². The highest BCUT2D eigenvalue weighted by molar-refractivity contribution is 7.99. The van der Waals surface area contributed by atoms with E-state index in [4.69, 9.17) is 0 Å². The Kier molecular flexibility index (Phi) is 4.54. The van der Waals surface area contributed by atoms with E-state index in [0.29, 0.717) is 0 Å². The van der Waals surface area contributed by atoms with Crippen molar-refractivity contribution in [1.82, 2.24) is 0 Å². The van der Waals surface area contributed by atoms with Crippen molar-refractivity contribution >= 4 is 23.5 Å². The third-order valence-corrected chi connectivity index (χ3v) is 10.3. The summed E-state index contributed by atoms with van der Waals surface area (Å²) in [7, 11) is 0. The molecule has 0 bridgehead atoms. The van der Waals surface area contributed by atoms with Gasteiger partial charge in [0.05, 0.1) is 0 Å². The van der Waals surface area contributed by atoms with Gasteiger partial charge in [-0.25, -0.2) is 0 Å². The minimum atomic E-state index is 0.180. The van der Waals surface area contributed by atoms with Crippen LogP contribution in [0.15, 0.2) is 34.1 Å². The first-order valence-corrected chi connectivity index (χ1v) is 13.3. The maximum absolute atomic E-state index is 2.60. The van der Waals surface area contributed by atoms with E-state index in [1.54, 1.807) is 32.0 Å². The van der Waals surface area contributed by atoms with Gasteiger partial charge in [0, 0.05) is 15.2 Å². The highest BCUT2D eigenvalue weighted by Crippen LogP contribution is 2.58. The lowest BCUT2D eigenvalue weighted by Gasteiger charge is -2.35. The van der Waals surface area contributed by atoms with Gasteiger partial charge in [-0.15, -0.1) is 23.5 Å². The Labute approximate surface area is 185 Å². The lowest BCUT2D eigenvalue weighted by Crippen LogP contribution is -2.26. The third kappa shape index (κ3) is 2.74. The van der Waals surface area contributed by atoms with Crippen LogP contribution in [0.1, 0.15) is 89.5 Å². The topological polar surface area (TPSA) is 0 Å². The van der Waals surface area contributed by atoms with E-state index >= 15 is 0 Å². The van der Waals surface area contributed by atoms with Crippen LogP contribution in [0.3, 0.4) is 0 Å². The number of hydrogen-bond donors (Lipinski definition) is 0. The molecule has 3 aliphatic rings. The van der Waals surface area contributed by atoms with Gasteiger partial charge < -0.3 is 0 Å². The normalized spacial score (nSPS) is 22.4. The first kappa shape index (κ1) is 20.1. The molecular weight excluding hydrogens is 388 g/mol. The molecule has 154 valence electrons. The van der Waals surface area contributed by atoms with Crippen molar-refractivity contribution in [3.63, 3.8) is 0 Å². The van der Waals surface area contributed by atoms with Crippen molar-refractivity contribution < 1.29 is 0 Å². The van der Waals surface area contributed by atoms with Crippen LogP contribution in [0, 0.1) is 0 Å². The molecule has 2 heteroatoms. The van der Waals surface area contributed by atoms with E-state index in [-0.39, 0.29) is 16.2 Å². The molecule has 0 atom stereocenters. The van der Waals surface area contributed by atoms with Gasteiger partial charge in [0.15, 0.2) is 0 Å². The predicted octanol–water partition coefficient (Wildman–Crippen LogP) is 8.32. The summed E-state index contributed by atoms with van der Waals surface area (Å²) in [5.41, 5.74) is 10.2. The van der Waals surface area contributed by atoms with Crippen LogP contribution in [0.4, 0.5) is 0 Å². The van der Waals surface area contributed by atoms with Crippen LogP contribution >= 0.6 is 23.5 Å². The second-order valence-electron chi connectivity index (χ2n) is 10.5. The van der Waals surface area contributed by atoms with Crippen LogP contribution in [0.2, 0.25) is 0 Å². The second-order valence-corrected chi connectivity index (χ2v) is 12.8. The summed E-state index contributed by atoms with van der Waals surface area (Å²) in [6.45, 7) is 14.5. The van der Waals surface area contributed by atoms with E-state index in [0.717, 1.165) is 0 Å². The molecule has 0 saturated carbocycles. The number of benzene rings is 2. The summed E-state index contributed by atoms with van der Waals surface area (Å²) in [4.78, 5) is 3.08. The van der Waals surface area contributed by atoms with E-state index in [2.05, 4.69) is 89.3 Å². The Morgan fingerprint density at radius 1 is 0.655 bits per heavy atom. The molecule has 0 nitrogen and oxygen atoms in total. The summed E-state index contributed by atoms with van der Waals surface area (Å²) in [6.07, 6.45) is 4.92. The fraction of sp³-hybridized carbons (Fsp3) is 0.556. The van der Waals surface area contributed by atoms with Crippen molar-refractivity contribution in [3.05, 3.63) is 46.5 Å². The lowest BCUT2D eigenvalue weighted by molar-refractivity contribution is 0.476. The van der Waals surface area contributed by atoms with E-state index in [1.807, 2.05) is 0 Å². The first-order valence-electron chi connectivity index (χ1n) is 11.4. The van der Waals surface area contributed by atoms with Crippen molar-refractivity contribution in [3.8, 4) is 11.1 Å². The summed E-state index contributed by atoms with van der Waals surface area (Å²) in [5.74, 6) is 2.49. The Balaban J connectivity index is 1.82. The van der Waals surface area contributed by atoms with Crippen molar-refractivity contribution in [2.45, 2.75) is 93.3 Å². The monoisotopic (exact) mass is 422 g/mol. The molecule has 0 unspecified atom stereocenters. The van der Waals surface area contributed by atoms with Gasteiger partial charge in [0.1, 0.15) is 0 Å². The van der Waals surface area contributed by atoms with Gasteiger partial charge in [-0.2, -0.15) is 0 Å². The highest BCUT2D eigenvalue weighted by Gasteiger charge is 2.44. The Bertz CT molecular complexity index is 915. The molecule has 0 fully saturated rings. The van der Waals surface area contributed by atoms with Crippen LogP contribution in [-0.4, -0.2) is 11.5 Å². The molecule has 0 saturated heterocycles. The molecular formula is C27H34S2. The highest BCUT2D eigenvalue weighted by atomic mass is 32.2. The summed E-state index contributed by atoms with van der Waals surface area (Å²) < 4.78 is 0.